The number of hydrogen-bond donors (Lipinski definition) is 2. The summed E-state index contributed by atoms with van der Waals surface area (Å²) in [4.78, 5) is 46.3. The van der Waals surface area contributed by atoms with E-state index in [1.807, 2.05) is 13.0 Å². The van der Waals surface area contributed by atoms with Crippen LogP contribution in [0.5, 0.6) is 0 Å². The largest absolute Gasteiger partial charge is 0.369 e. The fourth-order valence-electron chi connectivity index (χ4n) is 9.93. The van der Waals surface area contributed by atoms with Gasteiger partial charge in [0.25, 0.3) is 5.91 Å². The van der Waals surface area contributed by atoms with Crippen LogP contribution in [0.3, 0.4) is 0 Å². The number of carbonyl (C=O) groups is 3. The summed E-state index contributed by atoms with van der Waals surface area (Å²) in [6, 6.07) is 15.9. The van der Waals surface area contributed by atoms with E-state index in [2.05, 4.69) is 92.7 Å². The lowest BCUT2D eigenvalue weighted by Crippen LogP contribution is -2.52. The van der Waals surface area contributed by atoms with Gasteiger partial charge in [0, 0.05) is 61.2 Å². The Morgan fingerprint density at radius 2 is 1.53 bits per heavy atom. The molecule has 5 heterocycles. The van der Waals surface area contributed by atoms with E-state index in [-0.39, 0.29) is 42.6 Å². The van der Waals surface area contributed by atoms with E-state index in [1.165, 1.54) is 65.4 Å². The summed E-state index contributed by atoms with van der Waals surface area (Å²) in [6.07, 6.45) is 8.46. The van der Waals surface area contributed by atoms with Gasteiger partial charge in [-0.1, -0.05) is 49.6 Å². The number of fused-ring (bicyclic) bond motifs is 2. The number of aryl methyl sites for hydroxylation is 2. The molecule has 1 unspecified atom stereocenters. The van der Waals surface area contributed by atoms with Crippen LogP contribution in [0.15, 0.2) is 48.5 Å². The number of anilines is 2. The number of rotatable bonds is 14. The molecule has 0 bridgehead atoms. The van der Waals surface area contributed by atoms with Crippen molar-refractivity contribution in [2.45, 2.75) is 110 Å². The summed E-state index contributed by atoms with van der Waals surface area (Å²) in [7, 11) is 0. The molecular weight excluding hydrogens is 756 g/mol. The number of nitrogens with one attached hydrogen (secondary N) is 2. The summed E-state index contributed by atoms with van der Waals surface area (Å²) < 4.78 is 15.4. The number of nitrogens with zero attached hydrogens (tertiary/aromatic N) is 6. The smallest absolute Gasteiger partial charge is 0.255 e. The van der Waals surface area contributed by atoms with Crippen molar-refractivity contribution >= 4 is 40.0 Å². The van der Waals surface area contributed by atoms with Crippen molar-refractivity contribution in [2.24, 2.45) is 0 Å². The van der Waals surface area contributed by atoms with Crippen LogP contribution in [-0.2, 0) is 16.1 Å². The average molecular weight is 817 g/mol. The lowest BCUT2D eigenvalue weighted by atomic mass is 9.87. The highest BCUT2D eigenvalue weighted by Crippen LogP contribution is 2.36. The third-order valence-corrected chi connectivity index (χ3v) is 13.8. The number of piperazine rings is 1. The Balaban J connectivity index is 0.729. The third-order valence-electron chi connectivity index (χ3n) is 13.8. The normalized spacial score (nSPS) is 19.9. The molecule has 3 fully saturated rings. The summed E-state index contributed by atoms with van der Waals surface area (Å²) in [5.41, 5.74) is 7.88. The van der Waals surface area contributed by atoms with E-state index >= 15 is 4.39 Å². The van der Waals surface area contributed by atoms with Crippen LogP contribution in [0.4, 0.5) is 15.9 Å². The van der Waals surface area contributed by atoms with Crippen molar-refractivity contribution in [3.63, 3.8) is 0 Å². The summed E-state index contributed by atoms with van der Waals surface area (Å²) in [5.74, 6) is -0.463. The van der Waals surface area contributed by atoms with Gasteiger partial charge in [-0.3, -0.25) is 24.6 Å². The van der Waals surface area contributed by atoms with Crippen molar-refractivity contribution in [3.05, 3.63) is 93.4 Å². The Morgan fingerprint density at radius 3 is 2.27 bits per heavy atom. The Bertz CT molecular complexity index is 2230. The van der Waals surface area contributed by atoms with E-state index < -0.39 is 11.9 Å². The molecule has 12 heteroatoms. The molecule has 0 spiro atoms. The highest BCUT2D eigenvalue weighted by atomic mass is 19.1. The molecule has 3 aromatic carbocycles. The van der Waals surface area contributed by atoms with E-state index in [0.717, 1.165) is 93.0 Å². The van der Waals surface area contributed by atoms with Crippen LogP contribution in [0.2, 0.25) is 0 Å². The molecule has 11 nitrogen and oxygen atoms in total. The van der Waals surface area contributed by atoms with Gasteiger partial charge in [-0.2, -0.15) is 5.10 Å². The van der Waals surface area contributed by atoms with Crippen LogP contribution >= 0.6 is 0 Å². The number of imide groups is 1. The number of halogens is 1. The molecule has 60 heavy (non-hydrogen) atoms. The van der Waals surface area contributed by atoms with E-state index in [0.29, 0.717) is 17.5 Å². The van der Waals surface area contributed by atoms with E-state index in [4.69, 9.17) is 0 Å². The minimum Gasteiger partial charge on any atom is -0.369 e. The average Bonchev–Trinajstić information content (AvgIpc) is 3.56. The molecule has 318 valence electrons. The Hall–Kier alpha value is -4.94. The maximum atomic E-state index is 15.4. The Kier molecular flexibility index (Phi) is 12.8. The summed E-state index contributed by atoms with van der Waals surface area (Å²) >= 11 is 0. The second-order valence-corrected chi connectivity index (χ2v) is 17.7. The first-order valence-corrected chi connectivity index (χ1v) is 22.3. The van der Waals surface area contributed by atoms with Gasteiger partial charge >= 0.3 is 0 Å². The molecule has 0 radical (unpaired) electrons. The van der Waals surface area contributed by atoms with Crippen molar-refractivity contribution in [1.29, 1.82) is 0 Å². The predicted octanol–water partition coefficient (Wildman–Crippen LogP) is 7.58. The maximum Gasteiger partial charge on any atom is 0.255 e. The fourth-order valence-corrected chi connectivity index (χ4v) is 9.93. The second kappa shape index (κ2) is 18.4. The zero-order valence-electron chi connectivity index (χ0n) is 35.9. The van der Waals surface area contributed by atoms with Crippen LogP contribution in [0, 0.1) is 26.6 Å². The molecular formula is C48H61FN8O3. The van der Waals surface area contributed by atoms with Gasteiger partial charge in [-0.15, -0.1) is 5.10 Å². The number of benzene rings is 3. The Morgan fingerprint density at radius 1 is 0.817 bits per heavy atom. The molecule has 1 aromatic heterocycles. The van der Waals surface area contributed by atoms with Gasteiger partial charge < -0.3 is 20.0 Å². The van der Waals surface area contributed by atoms with Crippen molar-refractivity contribution in [3.8, 4) is 0 Å². The first-order chi connectivity index (χ1) is 29.0. The predicted molar refractivity (Wildman–Crippen MR) is 235 cm³/mol. The highest BCUT2D eigenvalue weighted by Gasteiger charge is 2.40. The lowest BCUT2D eigenvalue weighted by molar-refractivity contribution is -0.136. The van der Waals surface area contributed by atoms with E-state index in [1.54, 1.807) is 0 Å². The fraction of sp³-hybridized carbons (Fsp3) is 0.521. The molecule has 2 N–H and O–H groups in total. The molecule has 3 saturated heterocycles. The second-order valence-electron chi connectivity index (χ2n) is 17.7. The number of likely N-dealkylation sites (tertiary alicyclic amines) is 1. The number of piperidine rings is 2. The molecule has 4 aromatic rings. The van der Waals surface area contributed by atoms with Crippen LogP contribution < -0.4 is 15.5 Å². The van der Waals surface area contributed by atoms with E-state index in [9.17, 15) is 14.4 Å². The van der Waals surface area contributed by atoms with Crippen LogP contribution in [0.1, 0.15) is 121 Å². The maximum absolute atomic E-state index is 15.4. The number of amides is 3. The molecule has 4 aliphatic rings. The van der Waals surface area contributed by atoms with Gasteiger partial charge in [0.15, 0.2) is 5.82 Å². The standard InChI is InChI=1S/C48H61FN8O3/c1-31-11-10-12-38(32(31)2)33(3)50-46-42-28-37(13-14-39(42)34(4)52-53-46)56-25-23-55(24-26-56)20-9-7-5-6-8-19-54-21-17-35(18-22-54)40-27-36-30-57(48(60)41(36)29-43(40)49)44-15-16-45(58)51-47(44)59/h10-14,27-29,33,35,44H,5-9,15-26,30H2,1-4H3,(H,50,53)(H,51,58,59)/t33-,44?/m1/s1. The Labute approximate surface area is 354 Å². The molecule has 2 atom stereocenters. The molecule has 4 aliphatic heterocycles. The van der Waals surface area contributed by atoms with Gasteiger partial charge in [-0.05, 0) is 138 Å². The third kappa shape index (κ3) is 9.05. The first-order valence-electron chi connectivity index (χ1n) is 22.3. The minimum atomic E-state index is -0.690. The zero-order valence-corrected chi connectivity index (χ0v) is 35.9. The molecule has 8 rings (SSSR count). The quantitative estimate of drug-likeness (QED) is 0.0983. The van der Waals surface area contributed by atoms with Crippen molar-refractivity contribution in [1.82, 2.24) is 30.2 Å². The topological polar surface area (TPSA) is 114 Å². The highest BCUT2D eigenvalue weighted by molar-refractivity contribution is 6.05. The van der Waals surface area contributed by atoms with Crippen LogP contribution in [-0.4, -0.2) is 101 Å². The lowest BCUT2D eigenvalue weighted by Gasteiger charge is -2.36. The number of carbonyl (C=O) groups excluding carboxylic acids is 3. The van der Waals surface area contributed by atoms with Gasteiger partial charge in [0.2, 0.25) is 11.8 Å². The van der Waals surface area contributed by atoms with Gasteiger partial charge in [-0.25, -0.2) is 4.39 Å². The van der Waals surface area contributed by atoms with Gasteiger partial charge in [0.05, 0.1) is 11.7 Å². The molecule has 3 amide bonds. The van der Waals surface area contributed by atoms with Crippen LogP contribution in [0.25, 0.3) is 10.8 Å². The zero-order chi connectivity index (χ0) is 41.9. The molecule has 0 aliphatic carbocycles. The monoisotopic (exact) mass is 816 g/mol. The van der Waals surface area contributed by atoms with Crippen molar-refractivity contribution in [2.75, 3.05) is 62.6 Å². The van der Waals surface area contributed by atoms with Gasteiger partial charge in [0.1, 0.15) is 11.9 Å². The number of hydrogen-bond acceptors (Lipinski definition) is 9. The minimum absolute atomic E-state index is 0.109. The summed E-state index contributed by atoms with van der Waals surface area (Å²) in [5, 5.41) is 17.4. The van der Waals surface area contributed by atoms with Crippen molar-refractivity contribution < 1.29 is 18.8 Å². The number of unbranched alkanes of at least 4 members (excludes halogenated alkanes) is 4. The molecule has 0 saturated carbocycles. The first kappa shape index (κ1) is 41.8. The summed E-state index contributed by atoms with van der Waals surface area (Å²) in [6.45, 7) is 17.2. The SMILES string of the molecule is Cc1cccc([C@@H](C)Nc2nnc(C)c3ccc(N4CCN(CCCCCCCN5CCC(c6cc7c(cc6F)C(=O)N(C6CCC(=O)NC6=O)C7)CC5)CC4)cc23)c1C. The number of aromatic nitrogens is 2.